The smallest absolute Gasteiger partial charge is 0.127 e. The number of halogens is 1. The lowest BCUT2D eigenvalue weighted by atomic mass is 9.76. The first-order valence-electron chi connectivity index (χ1n) is 9.35. The highest BCUT2D eigenvalue weighted by Crippen LogP contribution is 2.42. The average Bonchev–Trinajstić information content (AvgIpc) is 2.65. The molecule has 2 aromatic rings. The number of nitrogens with zero attached hydrogens (tertiary/aromatic N) is 2. The van der Waals surface area contributed by atoms with Crippen LogP contribution in [0.15, 0.2) is 48.5 Å². The molecular weight excluding hydrogens is 343 g/mol. The summed E-state index contributed by atoms with van der Waals surface area (Å²) in [5.74, 6) is -0.421. The van der Waals surface area contributed by atoms with Crippen LogP contribution in [0.25, 0.3) is 0 Å². The quantitative estimate of drug-likeness (QED) is 0.903. The Hall–Kier alpha value is -2.26. The molecule has 27 heavy (non-hydrogen) atoms. The van der Waals surface area contributed by atoms with E-state index < -0.39 is 11.4 Å². The molecule has 2 unspecified atom stereocenters. The number of benzene rings is 2. The summed E-state index contributed by atoms with van der Waals surface area (Å²) in [5.41, 5.74) is 1.14. The number of ether oxygens (including phenoxy) is 1. The van der Waals surface area contributed by atoms with E-state index in [9.17, 15) is 9.50 Å². The fourth-order valence-corrected chi connectivity index (χ4v) is 4.40. The Morgan fingerprint density at radius 3 is 2.48 bits per heavy atom. The lowest BCUT2D eigenvalue weighted by Crippen LogP contribution is -2.60. The fraction of sp³-hybridized carbons (Fsp3) is 0.409. The second kappa shape index (κ2) is 7.40. The minimum Gasteiger partial charge on any atom is -0.385 e. The zero-order valence-electron chi connectivity index (χ0n) is 15.1. The van der Waals surface area contributed by atoms with E-state index in [-0.39, 0.29) is 18.5 Å². The monoisotopic (exact) mass is 366 g/mol. The predicted octanol–water partition coefficient (Wildman–Crippen LogP) is 3.14. The Bertz CT molecular complexity index is 835. The van der Waals surface area contributed by atoms with Gasteiger partial charge in [0.25, 0.3) is 0 Å². The van der Waals surface area contributed by atoms with Crippen LogP contribution < -0.4 is 0 Å². The zero-order chi connectivity index (χ0) is 18.9. The summed E-state index contributed by atoms with van der Waals surface area (Å²) in [6.45, 7) is 1.96. The van der Waals surface area contributed by atoms with Crippen LogP contribution in [0.1, 0.15) is 29.5 Å². The first-order chi connectivity index (χ1) is 13.1. The Labute approximate surface area is 158 Å². The van der Waals surface area contributed by atoms with Crippen LogP contribution in [0.5, 0.6) is 0 Å². The molecule has 4 rings (SSSR count). The van der Waals surface area contributed by atoms with Gasteiger partial charge in [-0.3, -0.25) is 4.90 Å². The van der Waals surface area contributed by atoms with E-state index in [1.165, 1.54) is 11.6 Å². The van der Waals surface area contributed by atoms with Gasteiger partial charge in [0.1, 0.15) is 5.82 Å². The first-order valence-corrected chi connectivity index (χ1v) is 9.35. The number of piperidine rings is 1. The van der Waals surface area contributed by atoms with Gasteiger partial charge in [-0.1, -0.05) is 42.5 Å². The molecular formula is C22H23FN2O2. The summed E-state index contributed by atoms with van der Waals surface area (Å²) in [4.78, 5) is 2.41. The van der Waals surface area contributed by atoms with Gasteiger partial charge in [0, 0.05) is 24.2 Å². The molecule has 2 bridgehead atoms. The maximum Gasteiger partial charge on any atom is 0.127 e. The molecule has 2 heterocycles. The van der Waals surface area contributed by atoms with Crippen LogP contribution in [0.3, 0.4) is 0 Å². The maximum absolute atomic E-state index is 14.3. The van der Waals surface area contributed by atoms with Gasteiger partial charge in [-0.05, 0) is 30.0 Å². The largest absolute Gasteiger partial charge is 0.385 e. The molecule has 2 aliphatic heterocycles. The van der Waals surface area contributed by atoms with Gasteiger partial charge in [-0.15, -0.1) is 0 Å². The lowest BCUT2D eigenvalue weighted by Gasteiger charge is -2.52. The van der Waals surface area contributed by atoms with E-state index in [0.29, 0.717) is 37.2 Å². The van der Waals surface area contributed by atoms with Gasteiger partial charge in [0.2, 0.25) is 0 Å². The number of hydrogen-bond acceptors (Lipinski definition) is 4. The normalized spacial score (nSPS) is 27.9. The fourth-order valence-electron chi connectivity index (χ4n) is 4.40. The van der Waals surface area contributed by atoms with Crippen molar-refractivity contribution < 1.29 is 14.2 Å². The van der Waals surface area contributed by atoms with Crippen molar-refractivity contribution in [2.75, 3.05) is 13.2 Å². The molecule has 0 aliphatic carbocycles. The molecule has 0 saturated carbocycles. The second-order valence-electron chi connectivity index (χ2n) is 7.58. The van der Waals surface area contributed by atoms with Crippen molar-refractivity contribution in [1.29, 1.82) is 5.26 Å². The second-order valence-corrected chi connectivity index (χ2v) is 7.58. The van der Waals surface area contributed by atoms with Crippen molar-refractivity contribution in [3.63, 3.8) is 0 Å². The Morgan fingerprint density at radius 2 is 1.85 bits per heavy atom. The molecule has 2 atom stereocenters. The molecule has 0 spiro atoms. The van der Waals surface area contributed by atoms with Crippen molar-refractivity contribution in [2.24, 2.45) is 0 Å². The number of aliphatic hydroxyl groups is 1. The van der Waals surface area contributed by atoms with E-state index in [4.69, 9.17) is 10.00 Å². The lowest BCUT2D eigenvalue weighted by molar-refractivity contribution is -0.149. The Balaban J connectivity index is 1.57. The topological polar surface area (TPSA) is 56.5 Å². The molecule has 2 aromatic carbocycles. The molecule has 4 nitrogen and oxygen atoms in total. The summed E-state index contributed by atoms with van der Waals surface area (Å²) in [5, 5.41) is 20.2. The highest BCUT2D eigenvalue weighted by molar-refractivity contribution is 5.31. The number of nitriles is 1. The third kappa shape index (κ3) is 3.61. The molecule has 140 valence electrons. The van der Waals surface area contributed by atoms with Crippen molar-refractivity contribution in [2.45, 2.75) is 43.5 Å². The van der Waals surface area contributed by atoms with Crippen LogP contribution >= 0.6 is 0 Å². The highest BCUT2D eigenvalue weighted by Gasteiger charge is 2.47. The van der Waals surface area contributed by atoms with E-state index in [0.717, 1.165) is 6.54 Å². The van der Waals surface area contributed by atoms with E-state index in [1.54, 1.807) is 12.1 Å². The number of fused-ring (bicyclic) bond motifs is 2. The third-order valence-corrected chi connectivity index (χ3v) is 5.77. The zero-order valence-corrected chi connectivity index (χ0v) is 15.1. The van der Waals surface area contributed by atoms with Gasteiger partial charge in [-0.2, -0.15) is 5.26 Å². The number of morpholine rings is 1. The van der Waals surface area contributed by atoms with Gasteiger partial charge in [-0.25, -0.2) is 4.39 Å². The Kier molecular flexibility index (Phi) is 4.96. The minimum atomic E-state index is -1.07. The molecule has 5 heteroatoms. The summed E-state index contributed by atoms with van der Waals surface area (Å²) in [6.07, 6.45) is 1.05. The summed E-state index contributed by atoms with van der Waals surface area (Å²) < 4.78 is 20.1. The predicted molar refractivity (Wildman–Crippen MR) is 99.2 cm³/mol. The van der Waals surface area contributed by atoms with Crippen molar-refractivity contribution in [1.82, 2.24) is 4.90 Å². The van der Waals surface area contributed by atoms with Crippen molar-refractivity contribution in [3.05, 3.63) is 71.0 Å². The van der Waals surface area contributed by atoms with Crippen molar-refractivity contribution >= 4 is 0 Å². The van der Waals surface area contributed by atoms with Crippen LogP contribution in [0.4, 0.5) is 4.39 Å². The third-order valence-electron chi connectivity index (χ3n) is 5.77. The highest BCUT2D eigenvalue weighted by atomic mass is 19.1. The first kappa shape index (κ1) is 18.1. The van der Waals surface area contributed by atoms with Gasteiger partial charge < -0.3 is 9.84 Å². The maximum atomic E-state index is 14.3. The van der Waals surface area contributed by atoms with Crippen LogP contribution in [0, 0.1) is 17.1 Å². The molecule has 1 N–H and O–H groups in total. The molecule has 0 amide bonds. The van der Waals surface area contributed by atoms with Gasteiger partial charge >= 0.3 is 0 Å². The standard InChI is InChI=1S/C22H23FN2O2/c23-21-10-18(7-6-17(21)8-9-24)22(26)11-19-14-27-15-20(12-22)25(19)13-16-4-2-1-3-5-16/h1-7,10,19-20,26H,8,11-15H2. The summed E-state index contributed by atoms with van der Waals surface area (Å²) in [6, 6.07) is 17.2. The number of rotatable bonds is 4. The molecule has 2 aliphatic rings. The summed E-state index contributed by atoms with van der Waals surface area (Å²) >= 11 is 0. The van der Waals surface area contributed by atoms with Crippen molar-refractivity contribution in [3.8, 4) is 6.07 Å². The summed E-state index contributed by atoms with van der Waals surface area (Å²) in [7, 11) is 0. The van der Waals surface area contributed by atoms with E-state index in [1.807, 2.05) is 24.3 Å². The Morgan fingerprint density at radius 1 is 1.15 bits per heavy atom. The van der Waals surface area contributed by atoms with Gasteiger partial charge in [0.05, 0.1) is 31.3 Å². The van der Waals surface area contributed by atoms with E-state index in [2.05, 4.69) is 17.0 Å². The molecule has 0 radical (unpaired) electrons. The van der Waals surface area contributed by atoms with Crippen LogP contribution in [-0.2, 0) is 23.3 Å². The molecule has 2 fully saturated rings. The SMILES string of the molecule is N#CCc1ccc(C2(O)CC3COCC(C2)N3Cc2ccccc2)cc1F. The average molecular weight is 366 g/mol. The van der Waals surface area contributed by atoms with Crippen LogP contribution in [0.2, 0.25) is 0 Å². The van der Waals surface area contributed by atoms with Gasteiger partial charge in [0.15, 0.2) is 0 Å². The molecule has 0 aromatic heterocycles. The minimum absolute atomic E-state index is 0.0362. The molecule has 2 saturated heterocycles. The van der Waals surface area contributed by atoms with Crippen LogP contribution in [-0.4, -0.2) is 35.3 Å². The number of hydrogen-bond donors (Lipinski definition) is 1. The van der Waals surface area contributed by atoms with E-state index >= 15 is 0 Å².